The van der Waals surface area contributed by atoms with Crippen molar-refractivity contribution in [1.29, 1.82) is 0 Å². The van der Waals surface area contributed by atoms with Gasteiger partial charge in [0, 0.05) is 18.7 Å². The summed E-state index contributed by atoms with van der Waals surface area (Å²) in [5.41, 5.74) is 0.0859. The third-order valence-electron chi connectivity index (χ3n) is 4.72. The maximum atomic E-state index is 14.1. The summed E-state index contributed by atoms with van der Waals surface area (Å²) in [5, 5.41) is -1.06. The topological polar surface area (TPSA) is 80.8 Å². The Balaban J connectivity index is 1.86. The van der Waals surface area contributed by atoms with Crippen LogP contribution in [0.15, 0.2) is 53.4 Å². The van der Waals surface area contributed by atoms with E-state index < -0.39 is 30.9 Å². The number of sulfonamides is 1. The van der Waals surface area contributed by atoms with Crippen LogP contribution in [-0.2, 0) is 19.9 Å². The molecule has 1 aliphatic rings. The molecule has 1 fully saturated rings. The van der Waals surface area contributed by atoms with Crippen LogP contribution in [0.25, 0.3) is 0 Å². The number of rotatable bonds is 5. The Morgan fingerprint density at radius 3 is 2.43 bits per heavy atom. The van der Waals surface area contributed by atoms with E-state index in [1.165, 1.54) is 30.3 Å². The zero-order valence-corrected chi connectivity index (χ0v) is 17.0. The van der Waals surface area contributed by atoms with Crippen molar-refractivity contribution in [2.24, 2.45) is 0 Å². The molecule has 0 aromatic heterocycles. The second kappa shape index (κ2) is 8.18. The monoisotopic (exact) mass is 427 g/mol. The average molecular weight is 428 g/mol. The lowest BCUT2D eigenvalue weighted by atomic mass is 10.1. The Morgan fingerprint density at radius 2 is 1.79 bits per heavy atom. The molecular weight excluding hydrogens is 405 g/mol. The summed E-state index contributed by atoms with van der Waals surface area (Å²) in [7, 11) is -7.55. The van der Waals surface area contributed by atoms with Crippen LogP contribution in [0.5, 0.6) is 5.75 Å². The molecule has 1 heterocycles. The molecule has 1 saturated heterocycles. The standard InChI is InChI=1S/C19H22FNO5S2/c1-2-26-15-7-9-16(10-8-15)28(24,25)21-12-11-19(27(22,23)14-13-21)17-5-3-4-6-18(17)20/h3-10,19H,2,11-14H2,1H3. The molecule has 2 aromatic carbocycles. The zero-order chi connectivity index (χ0) is 20.4. The van der Waals surface area contributed by atoms with Gasteiger partial charge < -0.3 is 4.74 Å². The number of sulfone groups is 1. The van der Waals surface area contributed by atoms with Crippen molar-refractivity contribution in [3.8, 4) is 5.75 Å². The molecule has 0 spiro atoms. The predicted octanol–water partition coefficient (Wildman–Crippen LogP) is 2.77. The summed E-state index contributed by atoms with van der Waals surface area (Å²) < 4.78 is 71.9. The number of benzene rings is 2. The fourth-order valence-electron chi connectivity index (χ4n) is 3.27. The van der Waals surface area contributed by atoms with E-state index >= 15 is 0 Å². The van der Waals surface area contributed by atoms with E-state index in [1.807, 2.05) is 6.92 Å². The van der Waals surface area contributed by atoms with Gasteiger partial charge in [-0.3, -0.25) is 0 Å². The van der Waals surface area contributed by atoms with Crippen molar-refractivity contribution in [2.45, 2.75) is 23.5 Å². The third kappa shape index (κ3) is 4.21. The van der Waals surface area contributed by atoms with Crippen LogP contribution < -0.4 is 4.74 Å². The van der Waals surface area contributed by atoms with Crippen LogP contribution in [0, 0.1) is 5.82 Å². The highest BCUT2D eigenvalue weighted by Gasteiger charge is 2.36. The van der Waals surface area contributed by atoms with Crippen LogP contribution >= 0.6 is 0 Å². The summed E-state index contributed by atoms with van der Waals surface area (Å²) in [6.07, 6.45) is -0.000470. The molecule has 3 rings (SSSR count). The maximum Gasteiger partial charge on any atom is 0.243 e. The molecule has 0 amide bonds. The first-order valence-electron chi connectivity index (χ1n) is 8.94. The van der Waals surface area contributed by atoms with E-state index in [2.05, 4.69) is 0 Å². The second-order valence-electron chi connectivity index (χ2n) is 6.47. The highest BCUT2D eigenvalue weighted by molar-refractivity contribution is 7.92. The minimum absolute atomic E-state index is 0.000470. The molecule has 9 heteroatoms. The third-order valence-corrected chi connectivity index (χ3v) is 8.75. The van der Waals surface area contributed by atoms with Crippen LogP contribution in [-0.4, -0.2) is 46.6 Å². The van der Waals surface area contributed by atoms with Gasteiger partial charge in [-0.2, -0.15) is 4.31 Å². The van der Waals surface area contributed by atoms with Gasteiger partial charge >= 0.3 is 0 Å². The molecule has 1 aliphatic heterocycles. The van der Waals surface area contributed by atoms with E-state index in [4.69, 9.17) is 4.74 Å². The molecular formula is C19H22FNO5S2. The molecule has 0 radical (unpaired) electrons. The number of halogens is 1. The van der Waals surface area contributed by atoms with Gasteiger partial charge in [0.25, 0.3) is 0 Å². The summed E-state index contributed by atoms with van der Waals surface area (Å²) >= 11 is 0. The molecule has 0 bridgehead atoms. The molecule has 0 N–H and O–H groups in total. The summed E-state index contributed by atoms with van der Waals surface area (Å²) in [5.74, 6) is -0.402. The van der Waals surface area contributed by atoms with E-state index in [-0.39, 0.29) is 35.7 Å². The van der Waals surface area contributed by atoms with Crippen molar-refractivity contribution in [3.63, 3.8) is 0 Å². The van der Waals surface area contributed by atoms with Gasteiger partial charge in [-0.05, 0) is 43.7 Å². The molecule has 0 saturated carbocycles. The van der Waals surface area contributed by atoms with E-state index in [1.54, 1.807) is 18.2 Å². The van der Waals surface area contributed by atoms with Crippen molar-refractivity contribution in [1.82, 2.24) is 4.31 Å². The molecule has 2 aromatic rings. The van der Waals surface area contributed by atoms with Gasteiger partial charge in [0.05, 0.1) is 22.5 Å². The van der Waals surface area contributed by atoms with E-state index in [0.717, 1.165) is 4.31 Å². The summed E-state index contributed by atoms with van der Waals surface area (Å²) in [4.78, 5) is 0.0673. The van der Waals surface area contributed by atoms with Crippen LogP contribution in [0.3, 0.4) is 0 Å². The lowest BCUT2D eigenvalue weighted by Crippen LogP contribution is -2.33. The van der Waals surface area contributed by atoms with Crippen LogP contribution in [0.2, 0.25) is 0 Å². The summed E-state index contributed by atoms with van der Waals surface area (Å²) in [6, 6.07) is 11.7. The SMILES string of the molecule is CCOc1ccc(S(=O)(=O)N2CCC(c3ccccc3F)S(=O)(=O)CC2)cc1. The quantitative estimate of drug-likeness (QED) is 0.733. The van der Waals surface area contributed by atoms with Crippen LogP contribution in [0.4, 0.5) is 4.39 Å². The summed E-state index contributed by atoms with van der Waals surface area (Å²) in [6.45, 7) is 2.12. The zero-order valence-electron chi connectivity index (χ0n) is 15.4. The first-order chi connectivity index (χ1) is 13.3. The first-order valence-corrected chi connectivity index (χ1v) is 12.1. The normalized spacial score (nSPS) is 20.4. The van der Waals surface area contributed by atoms with E-state index in [9.17, 15) is 21.2 Å². The Labute approximate surface area is 164 Å². The minimum atomic E-state index is -3.86. The van der Waals surface area contributed by atoms with Gasteiger partial charge in [0.1, 0.15) is 11.6 Å². The highest BCUT2D eigenvalue weighted by Crippen LogP contribution is 2.32. The second-order valence-corrected chi connectivity index (χ2v) is 10.7. The number of nitrogens with zero attached hydrogens (tertiary/aromatic N) is 1. The van der Waals surface area contributed by atoms with Gasteiger partial charge in [0.15, 0.2) is 9.84 Å². The van der Waals surface area contributed by atoms with Crippen molar-refractivity contribution in [3.05, 3.63) is 59.9 Å². The Bertz CT molecular complexity index is 1040. The first kappa shape index (κ1) is 20.8. The molecule has 152 valence electrons. The fraction of sp³-hybridized carbons (Fsp3) is 0.368. The van der Waals surface area contributed by atoms with Gasteiger partial charge in [0.2, 0.25) is 10.0 Å². The lowest BCUT2D eigenvalue weighted by molar-refractivity contribution is 0.340. The van der Waals surface area contributed by atoms with Crippen molar-refractivity contribution in [2.75, 3.05) is 25.4 Å². The Kier molecular flexibility index (Phi) is 6.07. The largest absolute Gasteiger partial charge is 0.494 e. The smallest absolute Gasteiger partial charge is 0.243 e. The fourth-order valence-corrected chi connectivity index (χ4v) is 6.65. The molecule has 6 nitrogen and oxygen atoms in total. The molecule has 0 aliphatic carbocycles. The average Bonchev–Trinajstić information content (AvgIpc) is 2.81. The highest BCUT2D eigenvalue weighted by atomic mass is 32.2. The molecule has 28 heavy (non-hydrogen) atoms. The number of hydrogen-bond acceptors (Lipinski definition) is 5. The molecule has 1 unspecified atom stereocenters. The van der Waals surface area contributed by atoms with E-state index in [0.29, 0.717) is 12.4 Å². The Morgan fingerprint density at radius 1 is 1.11 bits per heavy atom. The lowest BCUT2D eigenvalue weighted by Gasteiger charge is -2.20. The Hall–Kier alpha value is -1.97. The van der Waals surface area contributed by atoms with Gasteiger partial charge in [-0.15, -0.1) is 0 Å². The predicted molar refractivity (Wildman–Crippen MR) is 104 cm³/mol. The van der Waals surface area contributed by atoms with Crippen LogP contribution in [0.1, 0.15) is 24.2 Å². The maximum absolute atomic E-state index is 14.1. The van der Waals surface area contributed by atoms with Crippen molar-refractivity contribution >= 4 is 19.9 Å². The number of ether oxygens (including phenoxy) is 1. The van der Waals surface area contributed by atoms with Gasteiger partial charge in [-0.1, -0.05) is 18.2 Å². The van der Waals surface area contributed by atoms with Gasteiger partial charge in [-0.25, -0.2) is 21.2 Å². The number of hydrogen-bond donors (Lipinski definition) is 0. The van der Waals surface area contributed by atoms with Crippen molar-refractivity contribution < 1.29 is 26.0 Å². The molecule has 1 atom stereocenters. The minimum Gasteiger partial charge on any atom is -0.494 e.